The molecule has 1 nitrogen and oxygen atoms in total. The standard InChI is InChI=1S/C34H49ClO.C3H6.C2H6/c1-22-9-10-23(27(35)20-22)24-13-16-31(4)28(30(24,2)3)14-17-33(6)29(31)12-11-25-26-8-7-15-34(26,21-36)19-18-32(25,33)5;1-3-2;1-2/h9-10,13,20,25-26,28-29,36H,7-8,11-12,14-19,21H2,1-6H3;3H,1H2,2H3;1-2H3/t25?,26?,28?,29?,31?,32-,33?,34?;;/m1../s1. The minimum Gasteiger partial charge on any atom is -0.396 e. The molecular weight excluding hydrogens is 520 g/mol. The highest BCUT2D eigenvalue weighted by molar-refractivity contribution is 6.32. The lowest BCUT2D eigenvalue weighted by Crippen LogP contribution is -2.65. The molecule has 8 atom stereocenters. The zero-order valence-electron chi connectivity index (χ0n) is 28.0. The molecule has 0 amide bonds. The molecular formula is C39H61ClO. The summed E-state index contributed by atoms with van der Waals surface area (Å²) in [5, 5.41) is 11.4. The zero-order chi connectivity index (χ0) is 30.4. The average molecular weight is 581 g/mol. The van der Waals surface area contributed by atoms with Gasteiger partial charge in [-0.2, -0.15) is 0 Å². The lowest BCUT2D eigenvalue weighted by molar-refractivity contribution is -0.225. The van der Waals surface area contributed by atoms with Gasteiger partial charge in [-0.1, -0.05) is 90.8 Å². The maximum absolute atomic E-state index is 10.5. The Kier molecular flexibility index (Phi) is 9.46. The highest BCUT2D eigenvalue weighted by Gasteiger charge is 2.69. The van der Waals surface area contributed by atoms with Crippen molar-refractivity contribution in [2.24, 2.45) is 50.7 Å². The maximum atomic E-state index is 10.5. The number of halogens is 1. The normalized spacial score (nSPS) is 42.0. The van der Waals surface area contributed by atoms with E-state index in [9.17, 15) is 5.11 Å². The number of hydrogen-bond acceptors (Lipinski definition) is 1. The monoisotopic (exact) mass is 580 g/mol. The fraction of sp³-hybridized carbons (Fsp3) is 0.744. The van der Waals surface area contributed by atoms with Gasteiger partial charge in [0.25, 0.3) is 0 Å². The third-order valence-corrected chi connectivity index (χ3v) is 14.2. The quantitative estimate of drug-likeness (QED) is 0.345. The molecule has 0 spiro atoms. The Morgan fingerprint density at radius 3 is 2.22 bits per heavy atom. The zero-order valence-corrected chi connectivity index (χ0v) is 28.8. The van der Waals surface area contributed by atoms with Crippen LogP contribution in [0.1, 0.15) is 131 Å². The van der Waals surface area contributed by atoms with Gasteiger partial charge in [0.2, 0.25) is 0 Å². The van der Waals surface area contributed by atoms with E-state index in [1.807, 2.05) is 20.8 Å². The van der Waals surface area contributed by atoms with E-state index in [-0.39, 0.29) is 10.8 Å². The summed E-state index contributed by atoms with van der Waals surface area (Å²) >= 11 is 6.84. The first kappa shape index (κ1) is 32.9. The number of aryl methyl sites for hydroxylation is 1. The van der Waals surface area contributed by atoms with Gasteiger partial charge in [0.1, 0.15) is 0 Å². The lowest BCUT2D eigenvalue weighted by atomic mass is 9.33. The van der Waals surface area contributed by atoms with E-state index in [1.165, 1.54) is 80.9 Å². The van der Waals surface area contributed by atoms with Crippen molar-refractivity contribution in [1.82, 2.24) is 0 Å². The predicted molar refractivity (Wildman–Crippen MR) is 179 cm³/mol. The van der Waals surface area contributed by atoms with Gasteiger partial charge in [-0.05, 0) is 145 Å². The van der Waals surface area contributed by atoms with Crippen molar-refractivity contribution in [2.75, 3.05) is 6.61 Å². The lowest BCUT2D eigenvalue weighted by Gasteiger charge is -2.72. The van der Waals surface area contributed by atoms with Gasteiger partial charge in [0.05, 0.1) is 0 Å². The van der Waals surface area contributed by atoms with Gasteiger partial charge >= 0.3 is 0 Å². The summed E-state index contributed by atoms with van der Waals surface area (Å²) < 4.78 is 0. The van der Waals surface area contributed by atoms with Crippen LogP contribution in [0.4, 0.5) is 0 Å². The van der Waals surface area contributed by atoms with Crippen LogP contribution in [0.15, 0.2) is 36.9 Å². The Bertz CT molecular complexity index is 1130. The summed E-state index contributed by atoms with van der Waals surface area (Å²) in [7, 11) is 0. The van der Waals surface area contributed by atoms with E-state index in [4.69, 9.17) is 11.6 Å². The molecule has 41 heavy (non-hydrogen) atoms. The molecule has 1 N–H and O–H groups in total. The summed E-state index contributed by atoms with van der Waals surface area (Å²) in [4.78, 5) is 0. The Labute approximate surface area is 258 Å². The molecule has 0 radical (unpaired) electrons. The van der Waals surface area contributed by atoms with Crippen LogP contribution in [0.25, 0.3) is 5.57 Å². The molecule has 7 unspecified atom stereocenters. The average Bonchev–Trinajstić information content (AvgIpc) is 3.36. The summed E-state index contributed by atoms with van der Waals surface area (Å²) in [6, 6.07) is 6.63. The Morgan fingerprint density at radius 1 is 0.902 bits per heavy atom. The highest BCUT2D eigenvalue weighted by Crippen LogP contribution is 2.77. The maximum Gasteiger partial charge on any atom is 0.0490 e. The van der Waals surface area contributed by atoms with Gasteiger partial charge in [0, 0.05) is 11.6 Å². The van der Waals surface area contributed by atoms with E-state index in [1.54, 1.807) is 6.08 Å². The molecule has 5 aliphatic rings. The van der Waals surface area contributed by atoms with Gasteiger partial charge < -0.3 is 5.11 Å². The molecule has 1 aromatic carbocycles. The van der Waals surface area contributed by atoms with Crippen LogP contribution >= 0.6 is 11.6 Å². The first-order chi connectivity index (χ1) is 19.3. The van der Waals surface area contributed by atoms with Crippen molar-refractivity contribution in [3.8, 4) is 0 Å². The Morgan fingerprint density at radius 2 is 1.59 bits per heavy atom. The van der Waals surface area contributed by atoms with E-state index in [0.717, 1.165) is 22.8 Å². The molecule has 4 saturated carbocycles. The molecule has 230 valence electrons. The molecule has 0 heterocycles. The SMILES string of the molecule is C=CC.CC.Cc1ccc(C2=CCC3(C)C(CCC4(C)C3CCC3C5CCCC5(CO)CC[C@]34C)C2(C)C)c(Cl)c1. The topological polar surface area (TPSA) is 20.2 Å². The smallest absolute Gasteiger partial charge is 0.0490 e. The second-order valence-corrected chi connectivity index (χ2v) is 16.0. The third-order valence-electron chi connectivity index (χ3n) is 13.8. The molecule has 6 rings (SSSR count). The first-order valence-corrected chi connectivity index (χ1v) is 17.4. The van der Waals surface area contributed by atoms with E-state index < -0.39 is 0 Å². The molecule has 2 heteroatoms. The minimum absolute atomic E-state index is 0.120. The van der Waals surface area contributed by atoms with Crippen LogP contribution in [0.5, 0.6) is 0 Å². The van der Waals surface area contributed by atoms with Crippen LogP contribution in [0, 0.1) is 57.7 Å². The number of aliphatic hydroxyl groups is 1. The molecule has 1 aromatic rings. The Balaban J connectivity index is 0.000000728. The van der Waals surface area contributed by atoms with Crippen molar-refractivity contribution in [3.63, 3.8) is 0 Å². The predicted octanol–water partition coefficient (Wildman–Crippen LogP) is 11.7. The number of rotatable bonds is 2. The summed E-state index contributed by atoms with van der Waals surface area (Å²) in [6.45, 7) is 24.9. The number of aliphatic hydroxyl groups excluding tert-OH is 1. The second kappa shape index (κ2) is 11.8. The third kappa shape index (κ3) is 4.83. The molecule has 0 saturated heterocycles. The molecule has 4 fully saturated rings. The second-order valence-electron chi connectivity index (χ2n) is 15.6. The molecule has 0 aromatic heterocycles. The van der Waals surface area contributed by atoms with Crippen molar-refractivity contribution in [1.29, 1.82) is 0 Å². The Hall–Kier alpha value is -1.05. The van der Waals surface area contributed by atoms with Crippen LogP contribution in [-0.4, -0.2) is 11.7 Å². The summed E-state index contributed by atoms with van der Waals surface area (Å²) in [5.74, 6) is 3.02. The largest absolute Gasteiger partial charge is 0.396 e. The van der Waals surface area contributed by atoms with Gasteiger partial charge in [-0.3, -0.25) is 0 Å². The van der Waals surface area contributed by atoms with E-state index in [2.05, 4.69) is 72.4 Å². The van der Waals surface area contributed by atoms with Crippen LogP contribution < -0.4 is 0 Å². The molecule has 0 bridgehead atoms. The van der Waals surface area contributed by atoms with Crippen molar-refractivity contribution < 1.29 is 5.11 Å². The fourth-order valence-electron chi connectivity index (χ4n) is 11.9. The summed E-state index contributed by atoms with van der Waals surface area (Å²) in [5.41, 5.74) is 5.48. The minimum atomic E-state index is 0.120. The van der Waals surface area contributed by atoms with Gasteiger partial charge in [-0.15, -0.1) is 6.58 Å². The van der Waals surface area contributed by atoms with Gasteiger partial charge in [0.15, 0.2) is 0 Å². The fourth-order valence-corrected chi connectivity index (χ4v) is 12.2. The van der Waals surface area contributed by atoms with Crippen LogP contribution in [-0.2, 0) is 0 Å². The van der Waals surface area contributed by atoms with Gasteiger partial charge in [-0.25, -0.2) is 0 Å². The number of allylic oxidation sites excluding steroid dienone is 3. The highest BCUT2D eigenvalue weighted by atomic mass is 35.5. The number of benzene rings is 1. The molecule has 5 aliphatic carbocycles. The molecule has 0 aliphatic heterocycles. The van der Waals surface area contributed by atoms with Crippen molar-refractivity contribution in [3.05, 3.63) is 53.1 Å². The van der Waals surface area contributed by atoms with E-state index >= 15 is 0 Å². The first-order valence-electron chi connectivity index (χ1n) is 17.0. The van der Waals surface area contributed by atoms with Crippen molar-refractivity contribution >= 4 is 17.2 Å². The van der Waals surface area contributed by atoms with Crippen LogP contribution in [0.2, 0.25) is 5.02 Å². The van der Waals surface area contributed by atoms with Crippen LogP contribution in [0.3, 0.4) is 0 Å². The van der Waals surface area contributed by atoms with Crippen molar-refractivity contribution in [2.45, 2.75) is 127 Å². The number of hydrogen-bond donors (Lipinski definition) is 1. The summed E-state index contributed by atoms with van der Waals surface area (Å²) in [6.07, 6.45) is 17.5. The number of fused-ring (bicyclic) bond motifs is 7. The van der Waals surface area contributed by atoms with E-state index in [0.29, 0.717) is 28.8 Å².